The minimum atomic E-state index is -4.49. The van der Waals surface area contributed by atoms with E-state index in [1.165, 1.54) is 16.6 Å². The number of hydrogen-bond acceptors (Lipinski definition) is 4. The Hall–Kier alpha value is -2.97. The third kappa shape index (κ3) is 3.05. The van der Waals surface area contributed by atoms with Gasteiger partial charge < -0.3 is 5.32 Å². The normalized spacial score (nSPS) is 11.7. The van der Waals surface area contributed by atoms with E-state index in [1.807, 2.05) is 0 Å². The number of halogens is 3. The van der Waals surface area contributed by atoms with Crippen molar-refractivity contribution in [2.45, 2.75) is 20.0 Å². The van der Waals surface area contributed by atoms with Crippen molar-refractivity contribution >= 4 is 17.4 Å². The molecule has 0 saturated heterocycles. The molecule has 0 unspecified atom stereocenters. The second-order valence-electron chi connectivity index (χ2n) is 5.22. The van der Waals surface area contributed by atoms with Gasteiger partial charge in [0.05, 0.1) is 5.56 Å². The van der Waals surface area contributed by atoms with Crippen molar-refractivity contribution in [1.82, 2.24) is 19.6 Å². The molecule has 2 heterocycles. The number of aromatic nitrogens is 4. The van der Waals surface area contributed by atoms with Gasteiger partial charge in [0, 0.05) is 17.1 Å². The van der Waals surface area contributed by atoms with Gasteiger partial charge in [-0.3, -0.25) is 4.79 Å². The maximum atomic E-state index is 12.7. The van der Waals surface area contributed by atoms with Gasteiger partial charge in [-0.1, -0.05) is 6.07 Å². The van der Waals surface area contributed by atoms with Crippen LogP contribution in [0.15, 0.2) is 30.3 Å². The summed E-state index contributed by atoms with van der Waals surface area (Å²) < 4.78 is 39.5. The van der Waals surface area contributed by atoms with E-state index in [2.05, 4.69) is 20.4 Å². The first-order valence-corrected chi connectivity index (χ1v) is 6.94. The van der Waals surface area contributed by atoms with E-state index >= 15 is 0 Å². The molecule has 1 N–H and O–H groups in total. The van der Waals surface area contributed by atoms with Crippen LogP contribution in [0.25, 0.3) is 5.78 Å². The van der Waals surface area contributed by atoms with Crippen molar-refractivity contribution in [3.63, 3.8) is 0 Å². The lowest BCUT2D eigenvalue weighted by Gasteiger charge is -2.08. The quantitative estimate of drug-likeness (QED) is 0.781. The third-order valence-electron chi connectivity index (χ3n) is 3.27. The Morgan fingerprint density at radius 2 is 1.92 bits per heavy atom. The molecule has 3 aromatic rings. The molecule has 0 aliphatic carbocycles. The van der Waals surface area contributed by atoms with Crippen molar-refractivity contribution < 1.29 is 18.0 Å². The van der Waals surface area contributed by atoms with Crippen molar-refractivity contribution in [1.29, 1.82) is 0 Å². The van der Waals surface area contributed by atoms with Crippen LogP contribution in [-0.4, -0.2) is 25.5 Å². The molecule has 0 aliphatic heterocycles. The SMILES string of the molecule is Cc1cc(C)n2nc(C(=O)Nc3cccc(C(F)(F)F)c3)nc2n1. The van der Waals surface area contributed by atoms with Crippen LogP contribution in [0.3, 0.4) is 0 Å². The van der Waals surface area contributed by atoms with Gasteiger partial charge in [-0.15, -0.1) is 5.10 Å². The lowest BCUT2D eigenvalue weighted by Crippen LogP contribution is -2.15. The number of carbonyl (C=O) groups excluding carboxylic acids is 1. The maximum absolute atomic E-state index is 12.7. The molecule has 0 bridgehead atoms. The van der Waals surface area contributed by atoms with Gasteiger partial charge in [0.15, 0.2) is 0 Å². The van der Waals surface area contributed by atoms with Gasteiger partial charge >= 0.3 is 6.18 Å². The Morgan fingerprint density at radius 3 is 2.62 bits per heavy atom. The summed E-state index contributed by atoms with van der Waals surface area (Å²) in [5.74, 6) is -0.632. The fourth-order valence-corrected chi connectivity index (χ4v) is 2.22. The lowest BCUT2D eigenvalue weighted by molar-refractivity contribution is -0.137. The molecule has 24 heavy (non-hydrogen) atoms. The van der Waals surface area contributed by atoms with Crippen molar-refractivity contribution in [2.75, 3.05) is 5.32 Å². The molecule has 1 aromatic carbocycles. The van der Waals surface area contributed by atoms with Gasteiger partial charge in [-0.2, -0.15) is 18.2 Å². The number of fused-ring (bicyclic) bond motifs is 1. The summed E-state index contributed by atoms with van der Waals surface area (Å²) >= 11 is 0. The molecule has 2 aromatic heterocycles. The predicted molar refractivity (Wildman–Crippen MR) is 79.7 cm³/mol. The fraction of sp³-hybridized carbons (Fsp3) is 0.200. The molecule has 0 aliphatic rings. The number of aryl methyl sites for hydroxylation is 2. The van der Waals surface area contributed by atoms with Crippen LogP contribution < -0.4 is 5.32 Å². The van der Waals surface area contributed by atoms with E-state index in [1.54, 1.807) is 19.9 Å². The first kappa shape index (κ1) is 15.9. The zero-order valence-electron chi connectivity index (χ0n) is 12.7. The number of rotatable bonds is 2. The molecule has 0 fully saturated rings. The van der Waals surface area contributed by atoms with E-state index < -0.39 is 17.6 Å². The minimum absolute atomic E-state index is 0.00884. The number of nitrogens with one attached hydrogen (secondary N) is 1. The van der Waals surface area contributed by atoms with Crippen LogP contribution in [0.2, 0.25) is 0 Å². The highest BCUT2D eigenvalue weighted by molar-refractivity contribution is 6.01. The summed E-state index contributed by atoms with van der Waals surface area (Å²) in [6.07, 6.45) is -4.49. The number of hydrogen-bond donors (Lipinski definition) is 1. The number of benzene rings is 1. The van der Waals surface area contributed by atoms with E-state index in [0.29, 0.717) is 0 Å². The van der Waals surface area contributed by atoms with Crippen LogP contribution in [0.4, 0.5) is 18.9 Å². The molecular formula is C15H12F3N5O. The summed E-state index contributed by atoms with van der Waals surface area (Å²) in [7, 11) is 0. The molecular weight excluding hydrogens is 323 g/mol. The summed E-state index contributed by atoms with van der Waals surface area (Å²) in [6.45, 7) is 3.56. The van der Waals surface area contributed by atoms with Crippen LogP contribution in [0.1, 0.15) is 27.6 Å². The van der Waals surface area contributed by atoms with Crippen molar-refractivity contribution in [3.8, 4) is 0 Å². The smallest absolute Gasteiger partial charge is 0.319 e. The Bertz CT molecular complexity index is 932. The Labute approximate surface area is 134 Å². The zero-order valence-corrected chi connectivity index (χ0v) is 12.7. The summed E-state index contributed by atoms with van der Waals surface area (Å²) in [6, 6.07) is 6.12. The van der Waals surface area contributed by atoms with Gasteiger partial charge in [0.1, 0.15) is 0 Å². The monoisotopic (exact) mass is 335 g/mol. The van der Waals surface area contributed by atoms with Gasteiger partial charge in [-0.25, -0.2) is 9.50 Å². The number of alkyl halides is 3. The van der Waals surface area contributed by atoms with Crippen LogP contribution in [0, 0.1) is 13.8 Å². The highest BCUT2D eigenvalue weighted by atomic mass is 19.4. The maximum Gasteiger partial charge on any atom is 0.416 e. The first-order chi connectivity index (χ1) is 11.2. The van der Waals surface area contributed by atoms with E-state index in [9.17, 15) is 18.0 Å². The zero-order chi connectivity index (χ0) is 17.5. The Kier molecular flexibility index (Phi) is 3.70. The standard InChI is InChI=1S/C15H12F3N5O/c1-8-6-9(2)23-14(19-8)21-12(22-23)13(24)20-11-5-3-4-10(7-11)15(16,17)18/h3-7H,1-2H3,(H,20,24). The molecule has 6 nitrogen and oxygen atoms in total. The highest BCUT2D eigenvalue weighted by Gasteiger charge is 2.30. The van der Waals surface area contributed by atoms with E-state index in [0.717, 1.165) is 23.5 Å². The number of nitrogens with zero attached hydrogens (tertiary/aromatic N) is 4. The van der Waals surface area contributed by atoms with Gasteiger partial charge in [0.25, 0.3) is 11.7 Å². The van der Waals surface area contributed by atoms with Gasteiger partial charge in [-0.05, 0) is 38.1 Å². The Balaban J connectivity index is 1.89. The average molecular weight is 335 g/mol. The Morgan fingerprint density at radius 1 is 1.17 bits per heavy atom. The minimum Gasteiger partial charge on any atom is -0.319 e. The van der Waals surface area contributed by atoms with Crippen LogP contribution in [-0.2, 0) is 6.18 Å². The molecule has 0 saturated carbocycles. The molecule has 0 radical (unpaired) electrons. The second-order valence-corrected chi connectivity index (χ2v) is 5.22. The van der Waals surface area contributed by atoms with Crippen LogP contribution >= 0.6 is 0 Å². The number of carbonyl (C=O) groups is 1. The van der Waals surface area contributed by atoms with Gasteiger partial charge in [0.2, 0.25) is 5.82 Å². The molecule has 3 rings (SSSR count). The number of amides is 1. The molecule has 1 amide bonds. The largest absolute Gasteiger partial charge is 0.416 e. The summed E-state index contributed by atoms with van der Waals surface area (Å²) in [4.78, 5) is 20.3. The number of anilines is 1. The van der Waals surface area contributed by atoms with Crippen molar-refractivity contribution in [2.24, 2.45) is 0 Å². The summed E-state index contributed by atoms with van der Waals surface area (Å²) in [5.41, 5.74) is 0.617. The highest BCUT2D eigenvalue weighted by Crippen LogP contribution is 2.30. The van der Waals surface area contributed by atoms with E-state index in [-0.39, 0.29) is 17.3 Å². The molecule has 0 atom stereocenters. The fourth-order valence-electron chi connectivity index (χ4n) is 2.22. The predicted octanol–water partition coefficient (Wildman–Crippen LogP) is 3.01. The third-order valence-corrected chi connectivity index (χ3v) is 3.27. The van der Waals surface area contributed by atoms with Crippen molar-refractivity contribution in [3.05, 3.63) is 53.1 Å². The first-order valence-electron chi connectivity index (χ1n) is 6.94. The molecule has 9 heteroatoms. The molecule has 0 spiro atoms. The second kappa shape index (κ2) is 5.59. The summed E-state index contributed by atoms with van der Waals surface area (Å²) in [5, 5.41) is 6.39. The van der Waals surface area contributed by atoms with E-state index in [4.69, 9.17) is 0 Å². The topological polar surface area (TPSA) is 72.2 Å². The lowest BCUT2D eigenvalue weighted by atomic mass is 10.2. The average Bonchev–Trinajstić information content (AvgIpc) is 2.91. The van der Waals surface area contributed by atoms with Crippen LogP contribution in [0.5, 0.6) is 0 Å². The molecule has 124 valence electrons.